The maximum atomic E-state index is 12.5. The molecule has 110 valence electrons. The highest BCUT2D eigenvalue weighted by Crippen LogP contribution is 2.14. The molecule has 1 N–H and O–H groups in total. The number of hydrogen-bond donors (Lipinski definition) is 1. The first-order valence-corrected chi connectivity index (χ1v) is 7.10. The molecule has 0 radical (unpaired) electrons. The van der Waals surface area contributed by atoms with E-state index in [1.807, 2.05) is 17.9 Å². The van der Waals surface area contributed by atoms with E-state index < -0.39 is 0 Å². The second-order valence-corrected chi connectivity index (χ2v) is 5.71. The third-order valence-electron chi connectivity index (χ3n) is 3.62. The number of aliphatic hydroxyl groups excluding tert-OH is 1. The van der Waals surface area contributed by atoms with Crippen LogP contribution >= 0.6 is 0 Å². The third kappa shape index (κ3) is 3.55. The first-order chi connectivity index (χ1) is 9.47. The highest BCUT2D eigenvalue weighted by atomic mass is 16.3. The lowest BCUT2D eigenvalue weighted by atomic mass is 10.1. The lowest BCUT2D eigenvalue weighted by Crippen LogP contribution is -2.55. The highest BCUT2D eigenvalue weighted by Gasteiger charge is 2.28. The summed E-state index contributed by atoms with van der Waals surface area (Å²) >= 11 is 0. The number of carbonyl (C=O) groups excluding carboxylic acids is 1. The molecule has 1 aromatic rings. The molecule has 0 unspecified atom stereocenters. The van der Waals surface area contributed by atoms with Gasteiger partial charge in [-0.1, -0.05) is 0 Å². The van der Waals surface area contributed by atoms with Crippen LogP contribution in [0.15, 0.2) is 18.5 Å². The number of amides is 1. The number of aliphatic hydroxyl groups is 1. The number of rotatable bonds is 3. The lowest BCUT2D eigenvalue weighted by molar-refractivity contribution is 0.0382. The third-order valence-corrected chi connectivity index (χ3v) is 3.62. The number of β-amino-alcohol motifs (C(OH)–C–C–N with tert-alkyl or cyclic N) is 1. The summed E-state index contributed by atoms with van der Waals surface area (Å²) in [7, 11) is 0. The normalized spacial score (nSPS) is 21.8. The first-order valence-electron chi connectivity index (χ1n) is 7.10. The Labute approximate surface area is 120 Å². The molecule has 1 aromatic heterocycles. The zero-order chi connectivity index (χ0) is 14.7. The first kappa shape index (κ1) is 14.9. The largest absolute Gasteiger partial charge is 0.392 e. The van der Waals surface area contributed by atoms with Crippen molar-refractivity contribution in [2.75, 3.05) is 26.2 Å². The number of carbonyl (C=O) groups is 1. The van der Waals surface area contributed by atoms with E-state index in [0.717, 1.165) is 18.7 Å². The van der Waals surface area contributed by atoms with Crippen molar-refractivity contribution in [2.24, 2.45) is 0 Å². The molecule has 1 aliphatic rings. The van der Waals surface area contributed by atoms with Crippen molar-refractivity contribution in [1.82, 2.24) is 14.8 Å². The van der Waals surface area contributed by atoms with Crippen LogP contribution in [0.1, 0.15) is 29.8 Å². The van der Waals surface area contributed by atoms with Crippen molar-refractivity contribution >= 4 is 5.91 Å². The Kier molecular flexibility index (Phi) is 4.73. The van der Waals surface area contributed by atoms with Crippen molar-refractivity contribution < 1.29 is 9.90 Å². The van der Waals surface area contributed by atoms with Gasteiger partial charge in [-0.25, -0.2) is 0 Å². The minimum atomic E-state index is -0.328. The average Bonchev–Trinajstić information content (AvgIpc) is 2.37. The van der Waals surface area contributed by atoms with Gasteiger partial charge in [0.05, 0.1) is 11.7 Å². The molecular formula is C15H23N3O2. The zero-order valence-electron chi connectivity index (χ0n) is 12.4. The van der Waals surface area contributed by atoms with E-state index in [0.29, 0.717) is 18.7 Å². The topological polar surface area (TPSA) is 56.7 Å². The van der Waals surface area contributed by atoms with Gasteiger partial charge in [-0.05, 0) is 32.4 Å². The number of aryl methyl sites for hydroxylation is 1. The van der Waals surface area contributed by atoms with E-state index in [4.69, 9.17) is 0 Å². The van der Waals surface area contributed by atoms with Crippen LogP contribution in [0.25, 0.3) is 0 Å². The Hall–Kier alpha value is -1.46. The molecule has 2 heterocycles. The quantitative estimate of drug-likeness (QED) is 0.892. The van der Waals surface area contributed by atoms with Crippen LogP contribution in [0.4, 0.5) is 0 Å². The van der Waals surface area contributed by atoms with Crippen molar-refractivity contribution in [3.8, 4) is 0 Å². The molecule has 5 heteroatoms. The maximum absolute atomic E-state index is 12.5. The van der Waals surface area contributed by atoms with Gasteiger partial charge >= 0.3 is 0 Å². The summed E-state index contributed by atoms with van der Waals surface area (Å²) in [6.07, 6.45) is 3.05. The number of aromatic nitrogens is 1. The summed E-state index contributed by atoms with van der Waals surface area (Å²) in [5.74, 6) is 0.0467. The van der Waals surface area contributed by atoms with Gasteiger partial charge in [-0.15, -0.1) is 0 Å². The number of hydrogen-bond acceptors (Lipinski definition) is 4. The van der Waals surface area contributed by atoms with Crippen LogP contribution in [0.2, 0.25) is 0 Å². The van der Waals surface area contributed by atoms with Gasteiger partial charge in [0, 0.05) is 44.6 Å². The van der Waals surface area contributed by atoms with Crippen molar-refractivity contribution in [2.45, 2.75) is 32.9 Å². The monoisotopic (exact) mass is 277 g/mol. The van der Waals surface area contributed by atoms with Gasteiger partial charge in [0.2, 0.25) is 0 Å². The Balaban J connectivity index is 2.02. The second-order valence-electron chi connectivity index (χ2n) is 5.71. The molecule has 1 aliphatic heterocycles. The van der Waals surface area contributed by atoms with Crippen LogP contribution in [0.3, 0.4) is 0 Å². The summed E-state index contributed by atoms with van der Waals surface area (Å²) in [5.41, 5.74) is 1.65. The molecular weight excluding hydrogens is 254 g/mol. The molecule has 0 bridgehead atoms. The van der Waals surface area contributed by atoms with Gasteiger partial charge < -0.3 is 10.0 Å². The fourth-order valence-electron chi connectivity index (χ4n) is 2.71. The van der Waals surface area contributed by atoms with Crippen LogP contribution in [0.5, 0.6) is 0 Å². The molecule has 1 saturated heterocycles. The zero-order valence-corrected chi connectivity index (χ0v) is 12.4. The summed E-state index contributed by atoms with van der Waals surface area (Å²) in [6, 6.07) is 2.03. The van der Waals surface area contributed by atoms with Crippen LogP contribution < -0.4 is 0 Å². The SMILES string of the molecule is Cc1cncc(C(=O)N2CCN(C[C@@H](C)O)C[C@H]2C)c1. The summed E-state index contributed by atoms with van der Waals surface area (Å²) in [5, 5.41) is 9.44. The molecule has 2 rings (SSSR count). The van der Waals surface area contributed by atoms with Crippen molar-refractivity contribution in [3.63, 3.8) is 0 Å². The standard InChI is InChI=1S/C15H23N3O2/c1-11-6-14(8-16-7-11)15(20)18-5-4-17(9-12(18)2)10-13(3)19/h6-8,12-13,19H,4-5,9-10H2,1-3H3/t12-,13-/m1/s1. The van der Waals surface area contributed by atoms with Gasteiger partial charge in [-0.2, -0.15) is 0 Å². The van der Waals surface area contributed by atoms with E-state index in [-0.39, 0.29) is 18.1 Å². The molecule has 0 spiro atoms. The molecule has 0 aromatic carbocycles. The molecule has 0 saturated carbocycles. The predicted octanol–water partition coefficient (Wildman–Crippen LogP) is 0.917. The van der Waals surface area contributed by atoms with Gasteiger partial charge in [0.1, 0.15) is 0 Å². The second kappa shape index (κ2) is 6.33. The maximum Gasteiger partial charge on any atom is 0.255 e. The molecule has 0 aliphatic carbocycles. The highest BCUT2D eigenvalue weighted by molar-refractivity contribution is 5.94. The summed E-state index contributed by atoms with van der Waals surface area (Å²) in [4.78, 5) is 20.7. The number of pyridine rings is 1. The molecule has 5 nitrogen and oxygen atoms in total. The van der Waals surface area contributed by atoms with Crippen LogP contribution in [-0.4, -0.2) is 64.1 Å². The number of piperazine rings is 1. The van der Waals surface area contributed by atoms with Gasteiger partial charge in [0.25, 0.3) is 5.91 Å². The van der Waals surface area contributed by atoms with E-state index in [1.54, 1.807) is 19.3 Å². The summed E-state index contributed by atoms with van der Waals surface area (Å²) < 4.78 is 0. The van der Waals surface area contributed by atoms with Crippen LogP contribution in [0, 0.1) is 6.92 Å². The Morgan fingerprint density at radius 1 is 1.50 bits per heavy atom. The van der Waals surface area contributed by atoms with Crippen LogP contribution in [-0.2, 0) is 0 Å². The molecule has 2 atom stereocenters. The summed E-state index contributed by atoms with van der Waals surface area (Å²) in [6.45, 7) is 8.75. The van der Waals surface area contributed by atoms with Crippen molar-refractivity contribution in [1.29, 1.82) is 0 Å². The van der Waals surface area contributed by atoms with E-state index in [1.165, 1.54) is 0 Å². The van der Waals surface area contributed by atoms with Gasteiger partial charge in [-0.3, -0.25) is 14.7 Å². The molecule has 1 fully saturated rings. The minimum absolute atomic E-state index is 0.0467. The van der Waals surface area contributed by atoms with Gasteiger partial charge in [0.15, 0.2) is 0 Å². The average molecular weight is 277 g/mol. The smallest absolute Gasteiger partial charge is 0.255 e. The molecule has 1 amide bonds. The van der Waals surface area contributed by atoms with Crippen molar-refractivity contribution in [3.05, 3.63) is 29.6 Å². The molecule has 20 heavy (non-hydrogen) atoms. The Morgan fingerprint density at radius 2 is 2.25 bits per heavy atom. The minimum Gasteiger partial charge on any atom is -0.392 e. The van der Waals surface area contributed by atoms with E-state index in [2.05, 4.69) is 16.8 Å². The predicted molar refractivity (Wildman–Crippen MR) is 77.6 cm³/mol. The lowest BCUT2D eigenvalue weighted by Gasteiger charge is -2.40. The fourth-order valence-corrected chi connectivity index (χ4v) is 2.71. The number of nitrogens with zero attached hydrogens (tertiary/aromatic N) is 3. The fraction of sp³-hybridized carbons (Fsp3) is 0.600. The Bertz CT molecular complexity index is 476. The van der Waals surface area contributed by atoms with E-state index in [9.17, 15) is 9.90 Å². The Morgan fingerprint density at radius 3 is 2.85 bits per heavy atom. The van der Waals surface area contributed by atoms with E-state index >= 15 is 0 Å².